The number of rotatable bonds is 4. The summed E-state index contributed by atoms with van der Waals surface area (Å²) in [4.78, 5) is 19.1. The average Bonchev–Trinajstić information content (AvgIpc) is 2.84. The van der Waals surface area contributed by atoms with Crippen molar-refractivity contribution in [3.63, 3.8) is 0 Å². The fraction of sp³-hybridized carbons (Fsp3) is 0.222. The van der Waals surface area contributed by atoms with Gasteiger partial charge in [-0.25, -0.2) is 9.97 Å². The number of hydrogen-bond donors (Lipinski definition) is 1. The minimum absolute atomic E-state index is 0.101. The van der Waals surface area contributed by atoms with E-state index in [0.717, 1.165) is 0 Å². The van der Waals surface area contributed by atoms with Gasteiger partial charge >= 0.3 is 0 Å². The van der Waals surface area contributed by atoms with E-state index in [9.17, 15) is 4.79 Å². The molecule has 0 aliphatic carbocycles. The van der Waals surface area contributed by atoms with Gasteiger partial charge in [-0.1, -0.05) is 28.4 Å². The van der Waals surface area contributed by atoms with Crippen LogP contribution in [-0.2, 0) is 11.3 Å². The van der Waals surface area contributed by atoms with Crippen molar-refractivity contribution >= 4 is 34.8 Å². The second-order valence-electron chi connectivity index (χ2n) is 3.29. The average molecular weight is 287 g/mol. The molecule has 0 atom stereocenters. The van der Waals surface area contributed by atoms with Crippen molar-refractivity contribution < 1.29 is 4.79 Å². The van der Waals surface area contributed by atoms with Crippen LogP contribution in [0.1, 0.15) is 6.42 Å². The van der Waals surface area contributed by atoms with Crippen LogP contribution in [0.15, 0.2) is 18.7 Å². The van der Waals surface area contributed by atoms with Gasteiger partial charge in [0.15, 0.2) is 10.3 Å². The van der Waals surface area contributed by atoms with E-state index < -0.39 is 0 Å². The van der Waals surface area contributed by atoms with Crippen LogP contribution in [0.25, 0.3) is 0 Å². The number of aromatic nitrogens is 5. The molecule has 2 aromatic heterocycles. The Morgan fingerprint density at radius 1 is 1.33 bits per heavy atom. The summed E-state index contributed by atoms with van der Waals surface area (Å²) in [6.45, 7) is 0.411. The molecule has 18 heavy (non-hydrogen) atoms. The summed E-state index contributed by atoms with van der Waals surface area (Å²) in [7, 11) is 0. The zero-order valence-electron chi connectivity index (χ0n) is 9.05. The molecule has 94 valence electrons. The van der Waals surface area contributed by atoms with Gasteiger partial charge in [0, 0.05) is 12.6 Å². The third-order valence-electron chi connectivity index (χ3n) is 2.06. The van der Waals surface area contributed by atoms with E-state index in [4.69, 9.17) is 23.2 Å². The van der Waals surface area contributed by atoms with Gasteiger partial charge in [-0.2, -0.15) is 0 Å². The fourth-order valence-electron chi connectivity index (χ4n) is 1.22. The topological polar surface area (TPSA) is 85.6 Å². The lowest BCUT2D eigenvalue weighted by Crippen LogP contribution is -2.15. The fourth-order valence-corrected chi connectivity index (χ4v) is 1.63. The van der Waals surface area contributed by atoms with E-state index in [2.05, 4.69) is 25.6 Å². The summed E-state index contributed by atoms with van der Waals surface area (Å²) in [6, 6.07) is 0. The molecule has 2 rings (SSSR count). The number of hydrogen-bond acceptors (Lipinski definition) is 5. The van der Waals surface area contributed by atoms with Gasteiger partial charge in [-0.05, 0) is 0 Å². The van der Waals surface area contributed by atoms with Crippen LogP contribution in [0, 0.1) is 0 Å². The Balaban J connectivity index is 1.95. The maximum absolute atomic E-state index is 11.7. The number of halogens is 2. The molecular formula is C9H8Cl2N6O. The molecule has 0 aliphatic rings. The van der Waals surface area contributed by atoms with Crippen LogP contribution in [0.5, 0.6) is 0 Å². The number of nitrogens with one attached hydrogen (secondary N) is 1. The molecule has 0 fully saturated rings. The minimum Gasteiger partial charge on any atom is -0.321 e. The summed E-state index contributed by atoms with van der Waals surface area (Å²) < 4.78 is 1.55. The van der Waals surface area contributed by atoms with Crippen LogP contribution < -0.4 is 5.32 Å². The normalized spacial score (nSPS) is 10.3. The van der Waals surface area contributed by atoms with Crippen LogP contribution in [-0.4, -0.2) is 30.9 Å². The van der Waals surface area contributed by atoms with E-state index in [1.165, 1.54) is 12.5 Å². The Kier molecular flexibility index (Phi) is 4.06. The van der Waals surface area contributed by atoms with Gasteiger partial charge in [0.25, 0.3) is 0 Å². The van der Waals surface area contributed by atoms with Gasteiger partial charge < -0.3 is 5.32 Å². The largest absolute Gasteiger partial charge is 0.321 e. The molecule has 2 heterocycles. The summed E-state index contributed by atoms with van der Waals surface area (Å²) in [5, 5.41) is 10.1. The molecule has 0 radical (unpaired) electrons. The molecular weight excluding hydrogens is 279 g/mol. The highest BCUT2D eigenvalue weighted by Crippen LogP contribution is 2.25. The monoisotopic (exact) mass is 286 g/mol. The SMILES string of the molecule is O=C(CCn1ccnn1)Nc1c(Cl)ncnc1Cl. The third kappa shape index (κ3) is 3.14. The minimum atomic E-state index is -0.260. The summed E-state index contributed by atoms with van der Waals surface area (Å²) >= 11 is 11.6. The zero-order valence-corrected chi connectivity index (χ0v) is 10.6. The van der Waals surface area contributed by atoms with Crippen molar-refractivity contribution in [3.8, 4) is 0 Å². The van der Waals surface area contributed by atoms with Gasteiger partial charge in [0.2, 0.25) is 5.91 Å². The lowest BCUT2D eigenvalue weighted by molar-refractivity contribution is -0.116. The van der Waals surface area contributed by atoms with E-state index in [-0.39, 0.29) is 28.3 Å². The molecule has 7 nitrogen and oxygen atoms in total. The predicted molar refractivity (Wildman–Crippen MR) is 65.3 cm³/mol. The van der Waals surface area contributed by atoms with E-state index >= 15 is 0 Å². The Labute approximate surface area is 112 Å². The van der Waals surface area contributed by atoms with Crippen molar-refractivity contribution in [3.05, 3.63) is 29.0 Å². The number of carbonyl (C=O) groups is 1. The molecule has 0 aromatic carbocycles. The maximum atomic E-state index is 11.7. The number of nitrogens with zero attached hydrogens (tertiary/aromatic N) is 5. The molecule has 1 N–H and O–H groups in total. The number of carbonyl (C=O) groups excluding carboxylic acids is 1. The molecule has 0 unspecified atom stereocenters. The van der Waals surface area contributed by atoms with Crippen molar-refractivity contribution in [2.24, 2.45) is 0 Å². The van der Waals surface area contributed by atoms with Crippen LogP contribution in [0.3, 0.4) is 0 Å². The molecule has 0 saturated carbocycles. The molecule has 0 bridgehead atoms. The summed E-state index contributed by atoms with van der Waals surface area (Å²) in [6.07, 6.45) is 4.64. The summed E-state index contributed by atoms with van der Waals surface area (Å²) in [5.41, 5.74) is 0.212. The highest BCUT2D eigenvalue weighted by atomic mass is 35.5. The molecule has 0 saturated heterocycles. The van der Waals surface area contributed by atoms with Crippen LogP contribution in [0.2, 0.25) is 10.3 Å². The summed E-state index contributed by atoms with van der Waals surface area (Å²) in [5.74, 6) is -0.260. The lowest BCUT2D eigenvalue weighted by Gasteiger charge is -2.07. The van der Waals surface area contributed by atoms with Gasteiger partial charge in [-0.15, -0.1) is 5.10 Å². The highest BCUT2D eigenvalue weighted by molar-refractivity contribution is 6.38. The predicted octanol–water partition coefficient (Wildman–Crippen LogP) is 1.40. The van der Waals surface area contributed by atoms with E-state index in [0.29, 0.717) is 6.54 Å². The van der Waals surface area contributed by atoms with Crippen LogP contribution >= 0.6 is 23.2 Å². The first kappa shape index (κ1) is 12.7. The van der Waals surface area contributed by atoms with Crippen molar-refractivity contribution in [2.75, 3.05) is 5.32 Å². The number of anilines is 1. The third-order valence-corrected chi connectivity index (χ3v) is 2.63. The number of aryl methyl sites for hydroxylation is 1. The van der Waals surface area contributed by atoms with Gasteiger partial charge in [0.05, 0.1) is 12.7 Å². The standard InChI is InChI=1S/C9H8Cl2N6O/c10-8-7(9(11)13-5-12-8)15-6(18)1-3-17-4-2-14-16-17/h2,4-5H,1,3H2,(H,15,18). The van der Waals surface area contributed by atoms with Crippen LogP contribution in [0.4, 0.5) is 5.69 Å². The van der Waals surface area contributed by atoms with Crippen molar-refractivity contribution in [1.82, 2.24) is 25.0 Å². The van der Waals surface area contributed by atoms with E-state index in [1.54, 1.807) is 10.9 Å². The quantitative estimate of drug-likeness (QED) is 0.859. The Hall–Kier alpha value is -1.73. The molecule has 1 amide bonds. The van der Waals surface area contributed by atoms with Gasteiger partial charge in [0.1, 0.15) is 12.0 Å². The zero-order chi connectivity index (χ0) is 13.0. The lowest BCUT2D eigenvalue weighted by atomic mass is 10.4. The first-order valence-corrected chi connectivity index (χ1v) is 5.72. The van der Waals surface area contributed by atoms with E-state index in [1.807, 2.05) is 0 Å². The Bertz CT molecular complexity index is 524. The maximum Gasteiger partial charge on any atom is 0.226 e. The molecule has 9 heteroatoms. The molecule has 0 aliphatic heterocycles. The molecule has 0 spiro atoms. The number of amides is 1. The Morgan fingerprint density at radius 3 is 2.67 bits per heavy atom. The first-order valence-electron chi connectivity index (χ1n) is 4.97. The van der Waals surface area contributed by atoms with Crippen molar-refractivity contribution in [1.29, 1.82) is 0 Å². The first-order chi connectivity index (χ1) is 8.66. The smallest absolute Gasteiger partial charge is 0.226 e. The second-order valence-corrected chi connectivity index (χ2v) is 4.01. The van der Waals surface area contributed by atoms with Gasteiger partial charge in [-0.3, -0.25) is 9.48 Å². The molecule has 2 aromatic rings. The second kappa shape index (κ2) is 5.74. The van der Waals surface area contributed by atoms with Crippen molar-refractivity contribution in [2.45, 2.75) is 13.0 Å². The highest BCUT2D eigenvalue weighted by Gasteiger charge is 2.11. The Morgan fingerprint density at radius 2 is 2.06 bits per heavy atom.